The second-order valence-corrected chi connectivity index (χ2v) is 3.93. The molecule has 0 radical (unpaired) electrons. The molecule has 0 saturated carbocycles. The second-order valence-electron chi connectivity index (χ2n) is 3.49. The first-order valence-corrected chi connectivity index (χ1v) is 5.74. The van der Waals surface area contributed by atoms with Gasteiger partial charge in [0.2, 0.25) is 0 Å². The molecule has 0 heterocycles. The number of aliphatic hydroxyl groups excluding tert-OH is 1. The summed E-state index contributed by atoms with van der Waals surface area (Å²) < 4.78 is 10.6. The lowest BCUT2D eigenvalue weighted by atomic mass is 10.3. The monoisotopic (exact) mass is 244 g/mol. The highest BCUT2D eigenvalue weighted by molar-refractivity contribution is 6.30. The maximum atomic E-state index is 9.52. The van der Waals surface area contributed by atoms with E-state index >= 15 is 0 Å². The van der Waals surface area contributed by atoms with E-state index in [2.05, 4.69) is 0 Å². The van der Waals surface area contributed by atoms with E-state index in [1.165, 1.54) is 0 Å². The number of halogens is 1. The van der Waals surface area contributed by atoms with Crippen LogP contribution in [-0.4, -0.2) is 31.0 Å². The molecule has 0 bridgehead atoms. The van der Waals surface area contributed by atoms with Gasteiger partial charge in [-0.05, 0) is 30.7 Å². The molecule has 90 valence electrons. The van der Waals surface area contributed by atoms with Crippen molar-refractivity contribution in [3.8, 4) is 5.75 Å². The van der Waals surface area contributed by atoms with Crippen LogP contribution in [0.3, 0.4) is 0 Å². The average molecular weight is 245 g/mol. The molecule has 3 nitrogen and oxygen atoms in total. The lowest BCUT2D eigenvalue weighted by Gasteiger charge is -2.12. The van der Waals surface area contributed by atoms with Crippen molar-refractivity contribution in [2.24, 2.45) is 0 Å². The smallest absolute Gasteiger partial charge is 0.119 e. The Labute approximate surface area is 101 Å². The zero-order valence-corrected chi connectivity index (χ0v) is 10.1. The summed E-state index contributed by atoms with van der Waals surface area (Å²) in [4.78, 5) is 0. The standard InChI is InChI=1S/C12H17ClO3/c1-2-7-15-8-11(14)9-16-12-5-3-10(13)4-6-12/h3-6,11,14H,2,7-9H2,1H3. The van der Waals surface area contributed by atoms with Crippen LogP contribution >= 0.6 is 11.6 Å². The van der Waals surface area contributed by atoms with Crippen molar-refractivity contribution in [2.45, 2.75) is 19.4 Å². The first kappa shape index (κ1) is 13.3. The van der Waals surface area contributed by atoms with Crippen LogP contribution in [-0.2, 0) is 4.74 Å². The van der Waals surface area contributed by atoms with Crippen LogP contribution in [0.5, 0.6) is 5.75 Å². The molecule has 1 aromatic rings. The van der Waals surface area contributed by atoms with Gasteiger partial charge >= 0.3 is 0 Å². The molecule has 1 atom stereocenters. The van der Waals surface area contributed by atoms with Gasteiger partial charge in [-0.15, -0.1) is 0 Å². The van der Waals surface area contributed by atoms with Gasteiger partial charge in [-0.3, -0.25) is 0 Å². The maximum Gasteiger partial charge on any atom is 0.119 e. The summed E-state index contributed by atoms with van der Waals surface area (Å²) in [6.07, 6.45) is 0.354. The van der Waals surface area contributed by atoms with E-state index in [1.807, 2.05) is 6.92 Å². The fraction of sp³-hybridized carbons (Fsp3) is 0.500. The van der Waals surface area contributed by atoms with Crippen molar-refractivity contribution >= 4 is 11.6 Å². The van der Waals surface area contributed by atoms with Gasteiger partial charge in [-0.2, -0.15) is 0 Å². The summed E-state index contributed by atoms with van der Waals surface area (Å²) in [7, 11) is 0. The number of ether oxygens (including phenoxy) is 2. The molecular weight excluding hydrogens is 228 g/mol. The van der Waals surface area contributed by atoms with Crippen LogP contribution in [0.4, 0.5) is 0 Å². The third-order valence-corrected chi connectivity index (χ3v) is 2.17. The highest BCUT2D eigenvalue weighted by Crippen LogP contribution is 2.15. The third-order valence-electron chi connectivity index (χ3n) is 1.91. The molecule has 0 spiro atoms. The van der Waals surface area contributed by atoms with Gasteiger partial charge in [0.15, 0.2) is 0 Å². The molecule has 1 unspecified atom stereocenters. The number of benzene rings is 1. The Hall–Kier alpha value is -0.770. The van der Waals surface area contributed by atoms with Crippen LogP contribution in [0.1, 0.15) is 13.3 Å². The minimum absolute atomic E-state index is 0.228. The fourth-order valence-corrected chi connectivity index (χ4v) is 1.26. The van der Waals surface area contributed by atoms with Crippen LogP contribution in [0.15, 0.2) is 24.3 Å². The highest BCUT2D eigenvalue weighted by Gasteiger charge is 2.05. The Morgan fingerprint density at radius 3 is 2.56 bits per heavy atom. The summed E-state index contributed by atoms with van der Waals surface area (Å²) in [5, 5.41) is 10.2. The van der Waals surface area contributed by atoms with Crippen LogP contribution in [0.25, 0.3) is 0 Å². The Kier molecular flexibility index (Phi) is 6.23. The van der Waals surface area contributed by atoms with Gasteiger partial charge < -0.3 is 14.6 Å². The summed E-state index contributed by atoms with van der Waals surface area (Å²) in [6.45, 7) is 3.22. The lowest BCUT2D eigenvalue weighted by molar-refractivity contribution is 0.0123. The van der Waals surface area contributed by atoms with E-state index in [0.29, 0.717) is 24.0 Å². The van der Waals surface area contributed by atoms with Crippen molar-refractivity contribution in [1.29, 1.82) is 0 Å². The molecule has 0 aliphatic rings. The maximum absolute atomic E-state index is 9.52. The molecule has 4 heteroatoms. The topological polar surface area (TPSA) is 38.7 Å². The zero-order valence-electron chi connectivity index (χ0n) is 9.36. The van der Waals surface area contributed by atoms with Gasteiger partial charge in [0, 0.05) is 11.6 Å². The molecule has 16 heavy (non-hydrogen) atoms. The Bertz CT molecular complexity index is 287. The van der Waals surface area contributed by atoms with Crippen molar-refractivity contribution in [3.05, 3.63) is 29.3 Å². The predicted octanol–water partition coefficient (Wildman–Crippen LogP) is 2.51. The van der Waals surface area contributed by atoms with Gasteiger partial charge in [0.1, 0.15) is 18.5 Å². The SMILES string of the molecule is CCCOCC(O)COc1ccc(Cl)cc1. The number of hydrogen-bond acceptors (Lipinski definition) is 3. The zero-order chi connectivity index (χ0) is 11.8. The van der Waals surface area contributed by atoms with E-state index in [1.54, 1.807) is 24.3 Å². The van der Waals surface area contributed by atoms with E-state index in [-0.39, 0.29) is 6.61 Å². The van der Waals surface area contributed by atoms with Crippen LogP contribution in [0, 0.1) is 0 Å². The van der Waals surface area contributed by atoms with Gasteiger partial charge in [0.05, 0.1) is 6.61 Å². The van der Waals surface area contributed by atoms with Crippen molar-refractivity contribution in [1.82, 2.24) is 0 Å². The van der Waals surface area contributed by atoms with Crippen LogP contribution < -0.4 is 4.74 Å². The van der Waals surface area contributed by atoms with E-state index in [9.17, 15) is 5.11 Å². The second kappa shape index (κ2) is 7.49. The van der Waals surface area contributed by atoms with E-state index in [0.717, 1.165) is 6.42 Å². The highest BCUT2D eigenvalue weighted by atomic mass is 35.5. The summed E-state index contributed by atoms with van der Waals surface area (Å²) >= 11 is 5.73. The first-order chi connectivity index (χ1) is 7.72. The summed E-state index contributed by atoms with van der Waals surface area (Å²) in [5.41, 5.74) is 0. The molecule has 1 N–H and O–H groups in total. The molecule has 0 amide bonds. The molecule has 1 rings (SSSR count). The normalized spacial score (nSPS) is 12.4. The molecule has 0 saturated heterocycles. The molecule has 0 fully saturated rings. The third kappa shape index (κ3) is 5.35. The van der Waals surface area contributed by atoms with Crippen molar-refractivity contribution in [3.63, 3.8) is 0 Å². The number of aliphatic hydroxyl groups is 1. The largest absolute Gasteiger partial charge is 0.491 e. The first-order valence-electron chi connectivity index (χ1n) is 5.36. The van der Waals surface area contributed by atoms with Crippen molar-refractivity contribution < 1.29 is 14.6 Å². The lowest BCUT2D eigenvalue weighted by Crippen LogP contribution is -2.23. The van der Waals surface area contributed by atoms with Gasteiger partial charge in [-0.25, -0.2) is 0 Å². The minimum atomic E-state index is -0.595. The Morgan fingerprint density at radius 2 is 1.94 bits per heavy atom. The average Bonchev–Trinajstić information content (AvgIpc) is 2.29. The molecule has 0 aromatic heterocycles. The van der Waals surface area contributed by atoms with Gasteiger partial charge in [-0.1, -0.05) is 18.5 Å². The molecule has 0 aliphatic heterocycles. The van der Waals surface area contributed by atoms with Gasteiger partial charge in [0.25, 0.3) is 0 Å². The summed E-state index contributed by atoms with van der Waals surface area (Å²) in [5.74, 6) is 0.693. The Balaban J connectivity index is 2.20. The van der Waals surface area contributed by atoms with E-state index < -0.39 is 6.10 Å². The number of hydrogen-bond donors (Lipinski definition) is 1. The number of rotatable bonds is 7. The predicted molar refractivity (Wildman–Crippen MR) is 64.1 cm³/mol. The molecular formula is C12H17ClO3. The van der Waals surface area contributed by atoms with Crippen molar-refractivity contribution in [2.75, 3.05) is 19.8 Å². The fourth-order valence-electron chi connectivity index (χ4n) is 1.14. The summed E-state index contributed by atoms with van der Waals surface area (Å²) in [6, 6.07) is 7.03. The minimum Gasteiger partial charge on any atom is -0.491 e. The van der Waals surface area contributed by atoms with E-state index in [4.69, 9.17) is 21.1 Å². The van der Waals surface area contributed by atoms with Crippen LogP contribution in [0.2, 0.25) is 5.02 Å². The quantitative estimate of drug-likeness (QED) is 0.749. The molecule has 1 aromatic carbocycles. The Morgan fingerprint density at radius 1 is 1.25 bits per heavy atom. The molecule has 0 aliphatic carbocycles.